The second-order valence-electron chi connectivity index (χ2n) is 4.89. The fourth-order valence-electron chi connectivity index (χ4n) is 2.09. The average molecular weight is 259 g/mol. The zero-order valence-corrected chi connectivity index (χ0v) is 11.8. The van der Waals surface area contributed by atoms with Gasteiger partial charge in [-0.05, 0) is 39.2 Å². The van der Waals surface area contributed by atoms with Gasteiger partial charge in [-0.1, -0.05) is 6.07 Å². The molecule has 1 N–H and O–H groups in total. The number of pyridine rings is 1. The lowest BCUT2D eigenvalue weighted by Crippen LogP contribution is -2.17. The fraction of sp³-hybridized carbons (Fsp3) is 0.400. The highest BCUT2D eigenvalue weighted by Gasteiger charge is 2.06. The van der Waals surface area contributed by atoms with Gasteiger partial charge in [0.25, 0.3) is 0 Å². The SMILES string of the molecule is CNCc1coc(CN(C)Cc2cccc(C)n2)c1. The Morgan fingerprint density at radius 3 is 2.89 bits per heavy atom. The van der Waals surface area contributed by atoms with Crippen LogP contribution in [-0.4, -0.2) is 24.0 Å². The molecule has 4 heteroatoms. The van der Waals surface area contributed by atoms with Crippen LogP contribution in [0, 0.1) is 6.92 Å². The minimum Gasteiger partial charge on any atom is -0.468 e. The van der Waals surface area contributed by atoms with Gasteiger partial charge in [0.2, 0.25) is 0 Å². The highest BCUT2D eigenvalue weighted by Crippen LogP contribution is 2.11. The van der Waals surface area contributed by atoms with E-state index in [0.29, 0.717) is 0 Å². The van der Waals surface area contributed by atoms with E-state index >= 15 is 0 Å². The third-order valence-corrected chi connectivity index (χ3v) is 2.89. The molecule has 2 aromatic rings. The molecule has 2 aromatic heterocycles. The van der Waals surface area contributed by atoms with Crippen LogP contribution in [0.4, 0.5) is 0 Å². The van der Waals surface area contributed by atoms with Gasteiger partial charge < -0.3 is 9.73 Å². The molecule has 0 saturated carbocycles. The normalized spacial score (nSPS) is 11.2. The van der Waals surface area contributed by atoms with Crippen molar-refractivity contribution in [3.8, 4) is 0 Å². The van der Waals surface area contributed by atoms with E-state index in [1.807, 2.05) is 32.4 Å². The summed E-state index contributed by atoms with van der Waals surface area (Å²) in [5.41, 5.74) is 3.32. The number of hydrogen-bond donors (Lipinski definition) is 1. The van der Waals surface area contributed by atoms with Gasteiger partial charge in [-0.25, -0.2) is 0 Å². The number of aromatic nitrogens is 1. The molecule has 102 valence electrons. The third-order valence-electron chi connectivity index (χ3n) is 2.89. The van der Waals surface area contributed by atoms with Gasteiger partial charge in [-0.2, -0.15) is 0 Å². The lowest BCUT2D eigenvalue weighted by atomic mass is 10.2. The van der Waals surface area contributed by atoms with Gasteiger partial charge in [0.15, 0.2) is 0 Å². The van der Waals surface area contributed by atoms with Crippen LogP contribution in [-0.2, 0) is 19.6 Å². The number of rotatable bonds is 6. The van der Waals surface area contributed by atoms with Gasteiger partial charge in [-0.3, -0.25) is 9.88 Å². The smallest absolute Gasteiger partial charge is 0.118 e. The molecule has 2 rings (SSSR count). The topological polar surface area (TPSA) is 41.3 Å². The lowest BCUT2D eigenvalue weighted by Gasteiger charge is -2.14. The predicted molar refractivity (Wildman–Crippen MR) is 75.6 cm³/mol. The van der Waals surface area contributed by atoms with Crippen molar-refractivity contribution in [2.75, 3.05) is 14.1 Å². The summed E-state index contributed by atoms with van der Waals surface area (Å²) in [4.78, 5) is 6.71. The van der Waals surface area contributed by atoms with Crippen LogP contribution in [0.2, 0.25) is 0 Å². The molecular weight excluding hydrogens is 238 g/mol. The van der Waals surface area contributed by atoms with Crippen LogP contribution in [0.25, 0.3) is 0 Å². The molecular formula is C15H21N3O. The predicted octanol–water partition coefficient (Wildman–Crippen LogP) is 2.33. The maximum Gasteiger partial charge on any atom is 0.118 e. The highest BCUT2D eigenvalue weighted by molar-refractivity contribution is 5.13. The van der Waals surface area contributed by atoms with Crippen LogP contribution >= 0.6 is 0 Å². The molecule has 0 spiro atoms. The number of aryl methyl sites for hydroxylation is 1. The Morgan fingerprint density at radius 2 is 2.16 bits per heavy atom. The zero-order valence-electron chi connectivity index (χ0n) is 11.8. The van der Waals surface area contributed by atoms with Crippen LogP contribution in [0.1, 0.15) is 22.7 Å². The lowest BCUT2D eigenvalue weighted by molar-refractivity contribution is 0.284. The summed E-state index contributed by atoms with van der Waals surface area (Å²) in [5, 5.41) is 3.11. The molecule has 0 aliphatic carbocycles. The average Bonchev–Trinajstić information content (AvgIpc) is 2.77. The molecule has 0 atom stereocenters. The first kappa shape index (κ1) is 13.8. The first-order valence-electron chi connectivity index (χ1n) is 6.49. The molecule has 4 nitrogen and oxygen atoms in total. The molecule has 19 heavy (non-hydrogen) atoms. The Labute approximate surface area is 114 Å². The summed E-state index contributed by atoms with van der Waals surface area (Å²) >= 11 is 0. The van der Waals surface area contributed by atoms with Crippen molar-refractivity contribution in [2.45, 2.75) is 26.6 Å². The van der Waals surface area contributed by atoms with E-state index in [0.717, 1.165) is 36.8 Å². The van der Waals surface area contributed by atoms with Crippen molar-refractivity contribution in [2.24, 2.45) is 0 Å². The van der Waals surface area contributed by atoms with Crippen molar-refractivity contribution >= 4 is 0 Å². The van der Waals surface area contributed by atoms with Crippen LogP contribution in [0.5, 0.6) is 0 Å². The third kappa shape index (κ3) is 4.19. The first-order chi connectivity index (χ1) is 9.17. The van der Waals surface area contributed by atoms with Gasteiger partial charge in [-0.15, -0.1) is 0 Å². The Hall–Kier alpha value is -1.65. The van der Waals surface area contributed by atoms with Crippen molar-refractivity contribution in [1.29, 1.82) is 0 Å². The van der Waals surface area contributed by atoms with Crippen molar-refractivity contribution in [3.63, 3.8) is 0 Å². The number of hydrogen-bond acceptors (Lipinski definition) is 4. The quantitative estimate of drug-likeness (QED) is 0.864. The molecule has 0 radical (unpaired) electrons. The Kier molecular flexibility index (Phi) is 4.71. The molecule has 0 unspecified atom stereocenters. The first-order valence-corrected chi connectivity index (χ1v) is 6.49. The van der Waals surface area contributed by atoms with Gasteiger partial charge in [0.05, 0.1) is 18.5 Å². The standard InChI is InChI=1S/C15H21N3O/c1-12-5-4-6-14(17-12)9-18(3)10-15-7-13(8-16-2)11-19-15/h4-7,11,16H,8-10H2,1-3H3. The van der Waals surface area contributed by atoms with E-state index in [1.54, 1.807) is 0 Å². The minimum absolute atomic E-state index is 0.791. The van der Waals surface area contributed by atoms with E-state index in [9.17, 15) is 0 Å². The zero-order chi connectivity index (χ0) is 13.7. The van der Waals surface area contributed by atoms with Gasteiger partial charge in [0.1, 0.15) is 5.76 Å². The summed E-state index contributed by atoms with van der Waals surface area (Å²) in [6, 6.07) is 8.21. The molecule has 0 amide bonds. The Morgan fingerprint density at radius 1 is 1.32 bits per heavy atom. The summed E-state index contributed by atoms with van der Waals surface area (Å²) < 4.78 is 5.55. The summed E-state index contributed by atoms with van der Waals surface area (Å²) in [6.07, 6.45) is 1.81. The second kappa shape index (κ2) is 6.50. The minimum atomic E-state index is 0.791. The van der Waals surface area contributed by atoms with Crippen molar-refractivity contribution in [3.05, 3.63) is 53.2 Å². The van der Waals surface area contributed by atoms with Gasteiger partial charge in [0, 0.05) is 24.3 Å². The van der Waals surface area contributed by atoms with E-state index in [-0.39, 0.29) is 0 Å². The number of furan rings is 1. The van der Waals surface area contributed by atoms with E-state index in [1.165, 1.54) is 5.56 Å². The molecule has 0 saturated heterocycles. The molecule has 0 aliphatic heterocycles. The second-order valence-corrected chi connectivity index (χ2v) is 4.89. The summed E-state index contributed by atoms with van der Waals surface area (Å²) in [7, 11) is 4.01. The van der Waals surface area contributed by atoms with Crippen LogP contribution in [0.3, 0.4) is 0 Å². The largest absolute Gasteiger partial charge is 0.468 e. The molecule has 0 aromatic carbocycles. The van der Waals surface area contributed by atoms with Crippen molar-refractivity contribution in [1.82, 2.24) is 15.2 Å². The summed E-state index contributed by atoms with van der Waals surface area (Å²) in [6.45, 7) is 4.47. The molecule has 2 heterocycles. The number of nitrogens with one attached hydrogen (secondary N) is 1. The molecule has 0 aliphatic rings. The van der Waals surface area contributed by atoms with E-state index < -0.39 is 0 Å². The fourth-order valence-corrected chi connectivity index (χ4v) is 2.09. The molecule has 0 fully saturated rings. The molecule has 0 bridgehead atoms. The van der Waals surface area contributed by atoms with Crippen LogP contribution in [0.15, 0.2) is 34.9 Å². The summed E-state index contributed by atoms with van der Waals surface area (Å²) in [5.74, 6) is 0.986. The van der Waals surface area contributed by atoms with Gasteiger partial charge >= 0.3 is 0 Å². The van der Waals surface area contributed by atoms with Crippen LogP contribution < -0.4 is 5.32 Å². The number of nitrogens with zero attached hydrogens (tertiary/aromatic N) is 2. The van der Waals surface area contributed by atoms with E-state index in [2.05, 4.69) is 34.4 Å². The van der Waals surface area contributed by atoms with Crippen molar-refractivity contribution < 1.29 is 4.42 Å². The monoisotopic (exact) mass is 259 g/mol. The Balaban J connectivity index is 1.91. The maximum atomic E-state index is 5.55. The Bertz CT molecular complexity index is 522. The maximum absolute atomic E-state index is 5.55. The highest BCUT2D eigenvalue weighted by atomic mass is 16.3. The van der Waals surface area contributed by atoms with E-state index in [4.69, 9.17) is 4.42 Å².